The first-order chi connectivity index (χ1) is 13.5. The zero-order chi connectivity index (χ0) is 20.1. The topological polar surface area (TPSA) is 80.3 Å². The number of pyridine rings is 1. The van der Waals surface area contributed by atoms with Crippen LogP contribution in [0.4, 0.5) is 10.6 Å². The molecule has 2 aromatic carbocycles. The van der Waals surface area contributed by atoms with Gasteiger partial charge in [-0.2, -0.15) is 0 Å². The summed E-state index contributed by atoms with van der Waals surface area (Å²) in [6, 6.07) is 13.0. The van der Waals surface area contributed by atoms with Crippen LogP contribution in [0, 0.1) is 6.92 Å². The Morgan fingerprint density at radius 1 is 1.07 bits per heavy atom. The fourth-order valence-electron chi connectivity index (χ4n) is 3.04. The molecule has 0 aliphatic heterocycles. The maximum absolute atomic E-state index is 12.0. The van der Waals surface area contributed by atoms with Crippen LogP contribution in [-0.2, 0) is 4.74 Å². The molecule has 28 heavy (non-hydrogen) atoms. The number of aryl methyl sites for hydroxylation is 1. The van der Waals surface area contributed by atoms with Crippen molar-refractivity contribution in [2.45, 2.75) is 20.8 Å². The van der Waals surface area contributed by atoms with Crippen LogP contribution in [0.5, 0.6) is 0 Å². The molecule has 2 amide bonds. The Balaban J connectivity index is 1.99. The predicted octanol–water partition coefficient (Wildman–Crippen LogP) is 4.53. The third kappa shape index (κ3) is 4.28. The highest BCUT2D eigenvalue weighted by molar-refractivity contribution is 5.95. The van der Waals surface area contributed by atoms with Crippen molar-refractivity contribution in [3.8, 4) is 11.1 Å². The van der Waals surface area contributed by atoms with Crippen LogP contribution in [0.2, 0.25) is 0 Å². The van der Waals surface area contributed by atoms with Gasteiger partial charge in [0, 0.05) is 18.1 Å². The van der Waals surface area contributed by atoms with Crippen molar-refractivity contribution in [1.29, 1.82) is 0 Å². The first-order valence-electron chi connectivity index (χ1n) is 9.24. The van der Waals surface area contributed by atoms with Crippen LogP contribution < -0.4 is 10.6 Å². The number of carbonyl (C=O) groups excluding carboxylic acids is 2. The molecule has 0 bridgehead atoms. The highest BCUT2D eigenvalue weighted by atomic mass is 16.5. The van der Waals surface area contributed by atoms with Crippen molar-refractivity contribution in [2.24, 2.45) is 0 Å². The van der Waals surface area contributed by atoms with Crippen LogP contribution in [0.3, 0.4) is 0 Å². The summed E-state index contributed by atoms with van der Waals surface area (Å²) in [5.41, 5.74) is 3.48. The van der Waals surface area contributed by atoms with Gasteiger partial charge in [0.2, 0.25) is 0 Å². The van der Waals surface area contributed by atoms with Gasteiger partial charge in [0.05, 0.1) is 12.2 Å². The second kappa shape index (κ2) is 8.52. The minimum atomic E-state index is -0.334. The van der Waals surface area contributed by atoms with Crippen molar-refractivity contribution < 1.29 is 14.3 Å². The van der Waals surface area contributed by atoms with Gasteiger partial charge in [-0.25, -0.2) is 14.6 Å². The van der Waals surface area contributed by atoms with E-state index in [1.165, 1.54) is 0 Å². The standard InChI is InChI=1S/C22H23N3O3/c1-4-23-22(27)25-20-12-18-11-17(9-14(3)19(18)13-24-20)15-7-6-8-16(10-15)21(26)28-5-2/h6-13H,4-5H2,1-3H3,(H2,23,24,25,27). The second-order valence-corrected chi connectivity index (χ2v) is 6.37. The largest absolute Gasteiger partial charge is 0.462 e. The number of benzene rings is 2. The molecule has 0 aliphatic rings. The van der Waals surface area contributed by atoms with Crippen molar-refractivity contribution in [3.63, 3.8) is 0 Å². The number of aromatic nitrogens is 1. The van der Waals surface area contributed by atoms with E-state index in [9.17, 15) is 9.59 Å². The number of anilines is 1. The van der Waals surface area contributed by atoms with Gasteiger partial charge in [0.15, 0.2) is 0 Å². The van der Waals surface area contributed by atoms with Crippen molar-refractivity contribution >= 4 is 28.6 Å². The van der Waals surface area contributed by atoms with Gasteiger partial charge in [-0.15, -0.1) is 0 Å². The number of fused-ring (bicyclic) bond motifs is 1. The van der Waals surface area contributed by atoms with E-state index in [4.69, 9.17) is 4.74 Å². The summed E-state index contributed by atoms with van der Waals surface area (Å²) in [4.78, 5) is 28.1. The lowest BCUT2D eigenvalue weighted by Crippen LogP contribution is -2.28. The SMILES string of the molecule is CCNC(=O)Nc1cc2cc(-c3cccc(C(=O)OCC)c3)cc(C)c2cn1. The molecule has 0 saturated carbocycles. The maximum Gasteiger partial charge on any atom is 0.338 e. The molecule has 144 valence electrons. The number of ether oxygens (including phenoxy) is 1. The summed E-state index contributed by atoms with van der Waals surface area (Å²) >= 11 is 0. The Morgan fingerprint density at radius 2 is 1.89 bits per heavy atom. The van der Waals surface area contributed by atoms with E-state index in [2.05, 4.69) is 21.7 Å². The van der Waals surface area contributed by atoms with Gasteiger partial charge in [0.25, 0.3) is 0 Å². The summed E-state index contributed by atoms with van der Waals surface area (Å²) in [6.07, 6.45) is 1.76. The molecule has 1 aromatic heterocycles. The van der Waals surface area contributed by atoms with Crippen LogP contribution in [0.1, 0.15) is 29.8 Å². The van der Waals surface area contributed by atoms with Crippen LogP contribution in [0.25, 0.3) is 21.9 Å². The van der Waals surface area contributed by atoms with Crippen LogP contribution >= 0.6 is 0 Å². The molecule has 6 heteroatoms. The molecule has 6 nitrogen and oxygen atoms in total. The quantitative estimate of drug-likeness (QED) is 0.640. The first-order valence-corrected chi connectivity index (χ1v) is 9.24. The number of urea groups is 1. The smallest absolute Gasteiger partial charge is 0.338 e. The van der Waals surface area contributed by atoms with Gasteiger partial charge < -0.3 is 10.1 Å². The molecule has 1 heterocycles. The molecule has 0 saturated heterocycles. The Bertz CT molecular complexity index is 1030. The number of nitrogens with zero attached hydrogens (tertiary/aromatic N) is 1. The van der Waals surface area contributed by atoms with Gasteiger partial charge in [0.1, 0.15) is 5.82 Å². The average Bonchev–Trinajstić information content (AvgIpc) is 2.68. The summed E-state index contributed by atoms with van der Waals surface area (Å²) in [6.45, 7) is 6.54. The average molecular weight is 377 g/mol. The normalized spacial score (nSPS) is 10.5. The minimum absolute atomic E-state index is 0.288. The summed E-state index contributed by atoms with van der Waals surface area (Å²) in [5.74, 6) is 0.148. The van der Waals surface area contributed by atoms with Crippen LogP contribution in [0.15, 0.2) is 48.7 Å². The number of hydrogen-bond acceptors (Lipinski definition) is 4. The number of amides is 2. The van der Waals surface area contributed by atoms with E-state index >= 15 is 0 Å². The Hall–Kier alpha value is -3.41. The number of esters is 1. The molecule has 0 spiro atoms. The van der Waals surface area contributed by atoms with E-state index in [1.807, 2.05) is 44.2 Å². The lowest BCUT2D eigenvalue weighted by molar-refractivity contribution is 0.0526. The Kier molecular flexibility index (Phi) is 5.89. The molecule has 2 N–H and O–H groups in total. The van der Waals surface area contributed by atoms with Crippen molar-refractivity contribution in [1.82, 2.24) is 10.3 Å². The van der Waals surface area contributed by atoms with E-state index < -0.39 is 0 Å². The Morgan fingerprint density at radius 3 is 2.64 bits per heavy atom. The molecule has 0 unspecified atom stereocenters. The van der Waals surface area contributed by atoms with E-state index in [0.29, 0.717) is 24.5 Å². The number of carbonyl (C=O) groups is 2. The van der Waals surface area contributed by atoms with E-state index in [0.717, 1.165) is 27.5 Å². The van der Waals surface area contributed by atoms with Gasteiger partial charge >= 0.3 is 12.0 Å². The maximum atomic E-state index is 12.0. The fourth-order valence-corrected chi connectivity index (χ4v) is 3.04. The first kappa shape index (κ1) is 19.4. The molecular weight excluding hydrogens is 354 g/mol. The molecule has 3 rings (SSSR count). The summed E-state index contributed by atoms with van der Waals surface area (Å²) < 4.78 is 5.09. The van der Waals surface area contributed by atoms with Gasteiger partial charge in [-0.1, -0.05) is 18.2 Å². The van der Waals surface area contributed by atoms with E-state index in [-0.39, 0.29) is 12.0 Å². The number of hydrogen-bond donors (Lipinski definition) is 2. The highest BCUT2D eigenvalue weighted by Gasteiger charge is 2.10. The lowest BCUT2D eigenvalue weighted by atomic mass is 9.97. The molecule has 0 atom stereocenters. The summed E-state index contributed by atoms with van der Waals surface area (Å²) in [7, 11) is 0. The molecule has 0 radical (unpaired) electrons. The van der Waals surface area contributed by atoms with Crippen molar-refractivity contribution in [2.75, 3.05) is 18.5 Å². The molecule has 0 aliphatic carbocycles. The second-order valence-electron chi connectivity index (χ2n) is 6.37. The fraction of sp³-hybridized carbons (Fsp3) is 0.227. The minimum Gasteiger partial charge on any atom is -0.462 e. The van der Waals surface area contributed by atoms with Crippen molar-refractivity contribution in [3.05, 3.63) is 59.8 Å². The molecule has 0 fully saturated rings. The van der Waals surface area contributed by atoms with Gasteiger partial charge in [-0.05, 0) is 67.1 Å². The third-order valence-electron chi connectivity index (χ3n) is 4.33. The molecule has 3 aromatic rings. The Labute approximate surface area is 163 Å². The predicted molar refractivity (Wildman–Crippen MR) is 111 cm³/mol. The monoisotopic (exact) mass is 377 g/mol. The number of rotatable bonds is 5. The zero-order valence-corrected chi connectivity index (χ0v) is 16.2. The highest BCUT2D eigenvalue weighted by Crippen LogP contribution is 2.29. The zero-order valence-electron chi connectivity index (χ0n) is 16.2. The number of nitrogens with one attached hydrogen (secondary N) is 2. The third-order valence-corrected chi connectivity index (χ3v) is 4.33. The molecular formula is C22H23N3O3. The van der Waals surface area contributed by atoms with Crippen LogP contribution in [-0.4, -0.2) is 30.1 Å². The lowest BCUT2D eigenvalue weighted by Gasteiger charge is -2.11. The summed E-state index contributed by atoms with van der Waals surface area (Å²) in [5, 5.41) is 7.38. The van der Waals surface area contributed by atoms with Gasteiger partial charge in [-0.3, -0.25) is 5.32 Å². The van der Waals surface area contributed by atoms with E-state index in [1.54, 1.807) is 19.2 Å².